The Morgan fingerprint density at radius 1 is 1.38 bits per heavy atom. The topological polar surface area (TPSA) is 49.9 Å². The Morgan fingerprint density at radius 3 is 2.67 bits per heavy atom. The van der Waals surface area contributed by atoms with E-state index in [-0.39, 0.29) is 12.1 Å². The lowest BCUT2D eigenvalue weighted by Gasteiger charge is -2.39. The van der Waals surface area contributed by atoms with Crippen molar-refractivity contribution in [1.29, 1.82) is 0 Å². The quantitative estimate of drug-likeness (QED) is 0.367. The summed E-state index contributed by atoms with van der Waals surface area (Å²) in [4.78, 5) is 26.6. The highest BCUT2D eigenvalue weighted by Crippen LogP contribution is 2.16. The average molecular weight is 314 g/mol. The van der Waals surface area contributed by atoms with Crippen LogP contribution in [0, 0.1) is 0 Å². The number of ether oxygens (including phenoxy) is 1. The maximum atomic E-state index is 12.3. The fourth-order valence-electron chi connectivity index (χ4n) is 2.10. The molecule has 1 rings (SSSR count). The number of rotatable bonds is 5. The molecule has 2 amide bonds. The number of allylic oxidation sites excluding steroid dienone is 1. The predicted molar refractivity (Wildman–Crippen MR) is 86.6 cm³/mol. The Labute approximate surface area is 132 Å². The molecule has 1 unspecified atom stereocenters. The first-order valence-electron chi connectivity index (χ1n) is 7.34. The van der Waals surface area contributed by atoms with Crippen molar-refractivity contribution >= 4 is 25.1 Å². The lowest BCUT2D eigenvalue weighted by molar-refractivity contribution is -0.120. The van der Waals surface area contributed by atoms with Crippen LogP contribution in [0.5, 0.6) is 0 Å². The van der Waals surface area contributed by atoms with E-state index in [0.29, 0.717) is 19.6 Å². The molecule has 0 N–H and O–H groups in total. The summed E-state index contributed by atoms with van der Waals surface area (Å²) in [5.41, 5.74) is -0.515. The van der Waals surface area contributed by atoms with Gasteiger partial charge in [0.25, 0.3) is 0 Å². The summed E-state index contributed by atoms with van der Waals surface area (Å²) in [6.07, 6.45) is 6.47. The third-order valence-electron chi connectivity index (χ3n) is 3.11. The molecule has 0 aromatic heterocycles. The Bertz CT molecular complexity index is 380. The van der Waals surface area contributed by atoms with Crippen LogP contribution in [0.1, 0.15) is 33.6 Å². The van der Waals surface area contributed by atoms with E-state index in [9.17, 15) is 9.59 Å². The lowest BCUT2D eigenvalue weighted by atomic mass is 10.1. The minimum atomic E-state index is -0.515. The van der Waals surface area contributed by atoms with Crippen molar-refractivity contribution in [1.82, 2.24) is 9.80 Å². The van der Waals surface area contributed by atoms with Crippen LogP contribution in [0.3, 0.4) is 0 Å². The molecule has 1 heterocycles. The van der Waals surface area contributed by atoms with E-state index in [1.165, 1.54) is 0 Å². The van der Waals surface area contributed by atoms with Gasteiger partial charge in [0.15, 0.2) is 0 Å². The summed E-state index contributed by atoms with van der Waals surface area (Å²) in [7, 11) is 0. The number of nitrogens with zero attached hydrogens (tertiary/aromatic N) is 2. The van der Waals surface area contributed by atoms with Crippen LogP contribution < -0.4 is 0 Å². The molecule has 1 atom stereocenters. The van der Waals surface area contributed by atoms with E-state index in [2.05, 4.69) is 12.6 Å². The van der Waals surface area contributed by atoms with Gasteiger partial charge in [-0.05, 0) is 39.4 Å². The first kappa shape index (κ1) is 17.9. The van der Waals surface area contributed by atoms with Gasteiger partial charge in [0.05, 0.1) is 6.04 Å². The smallest absolute Gasteiger partial charge is 0.410 e. The second-order valence-corrected chi connectivity index (χ2v) is 6.58. The fourth-order valence-corrected chi connectivity index (χ4v) is 2.28. The second kappa shape index (κ2) is 8.32. The first-order chi connectivity index (χ1) is 9.87. The molecule has 0 aliphatic carbocycles. The molecule has 0 aromatic rings. The van der Waals surface area contributed by atoms with Crippen molar-refractivity contribution in [2.45, 2.75) is 45.3 Å². The van der Waals surface area contributed by atoms with Gasteiger partial charge in [-0.2, -0.15) is 12.6 Å². The lowest BCUT2D eigenvalue weighted by Crippen LogP contribution is -2.55. The van der Waals surface area contributed by atoms with E-state index in [4.69, 9.17) is 4.74 Å². The normalized spacial score (nSPS) is 19.9. The summed E-state index contributed by atoms with van der Waals surface area (Å²) < 4.78 is 5.44. The van der Waals surface area contributed by atoms with E-state index < -0.39 is 5.60 Å². The van der Waals surface area contributed by atoms with Crippen molar-refractivity contribution in [2.75, 3.05) is 25.4 Å². The zero-order valence-corrected chi connectivity index (χ0v) is 14.0. The maximum Gasteiger partial charge on any atom is 0.410 e. The fraction of sp³-hybridized carbons (Fsp3) is 0.733. The van der Waals surface area contributed by atoms with Crippen molar-refractivity contribution in [3.05, 3.63) is 12.2 Å². The summed E-state index contributed by atoms with van der Waals surface area (Å²) in [5, 5.41) is 0. The SMILES string of the molecule is CC(C)(C)OC(=O)N1CCN(C=O)CC1C=CCCCS. The molecular weight excluding hydrogens is 288 g/mol. The average Bonchev–Trinajstić information content (AvgIpc) is 2.41. The van der Waals surface area contributed by atoms with Gasteiger partial charge in [-0.3, -0.25) is 9.69 Å². The van der Waals surface area contributed by atoms with Crippen LogP contribution in [-0.2, 0) is 9.53 Å². The van der Waals surface area contributed by atoms with Gasteiger partial charge in [0.2, 0.25) is 6.41 Å². The van der Waals surface area contributed by atoms with Crippen molar-refractivity contribution in [2.24, 2.45) is 0 Å². The second-order valence-electron chi connectivity index (χ2n) is 6.14. The van der Waals surface area contributed by atoms with Crippen molar-refractivity contribution < 1.29 is 14.3 Å². The standard InChI is InChI=1S/C15H26N2O3S/c1-15(2,3)20-14(19)17-9-8-16(12-18)11-13(17)7-5-4-6-10-21/h5,7,12-13,21H,4,6,8-11H2,1-3H3. The number of amides is 2. The molecule has 0 bridgehead atoms. The van der Waals surface area contributed by atoms with E-state index in [1.807, 2.05) is 32.9 Å². The Kier molecular flexibility index (Phi) is 7.08. The van der Waals surface area contributed by atoms with Crippen LogP contribution in [-0.4, -0.2) is 59.3 Å². The minimum absolute atomic E-state index is 0.126. The third kappa shape index (κ3) is 6.42. The molecule has 5 nitrogen and oxygen atoms in total. The molecule has 0 saturated carbocycles. The van der Waals surface area contributed by atoms with Crippen LogP contribution in [0.25, 0.3) is 0 Å². The highest BCUT2D eigenvalue weighted by atomic mass is 32.1. The number of carbonyl (C=O) groups is 2. The number of unbranched alkanes of at least 4 members (excludes halogenated alkanes) is 1. The molecule has 0 spiro atoms. The van der Waals surface area contributed by atoms with E-state index in [0.717, 1.165) is 25.0 Å². The van der Waals surface area contributed by atoms with Crippen LogP contribution in [0.4, 0.5) is 4.79 Å². The predicted octanol–water partition coefficient (Wildman–Crippen LogP) is 2.33. The Balaban J connectivity index is 2.71. The van der Waals surface area contributed by atoms with E-state index >= 15 is 0 Å². The summed E-state index contributed by atoms with van der Waals surface area (Å²) >= 11 is 4.17. The van der Waals surface area contributed by atoms with Gasteiger partial charge in [-0.25, -0.2) is 4.79 Å². The van der Waals surface area contributed by atoms with Crippen molar-refractivity contribution in [3.63, 3.8) is 0 Å². The summed E-state index contributed by atoms with van der Waals surface area (Å²) in [6, 6.07) is -0.126. The highest BCUT2D eigenvalue weighted by Gasteiger charge is 2.31. The van der Waals surface area contributed by atoms with Crippen molar-refractivity contribution in [3.8, 4) is 0 Å². The Hall–Kier alpha value is -1.17. The van der Waals surface area contributed by atoms with Gasteiger partial charge in [-0.15, -0.1) is 0 Å². The molecule has 1 fully saturated rings. The van der Waals surface area contributed by atoms with Gasteiger partial charge in [0, 0.05) is 19.6 Å². The zero-order chi connectivity index (χ0) is 15.9. The molecule has 0 aromatic carbocycles. The molecule has 21 heavy (non-hydrogen) atoms. The van der Waals surface area contributed by atoms with Gasteiger partial charge >= 0.3 is 6.09 Å². The number of hydrogen-bond acceptors (Lipinski definition) is 4. The summed E-state index contributed by atoms with van der Waals surface area (Å²) in [6.45, 7) is 7.11. The molecule has 1 aliphatic rings. The monoisotopic (exact) mass is 314 g/mol. The van der Waals surface area contributed by atoms with Crippen LogP contribution in [0.2, 0.25) is 0 Å². The number of piperazine rings is 1. The maximum absolute atomic E-state index is 12.3. The number of hydrogen-bond donors (Lipinski definition) is 1. The first-order valence-corrected chi connectivity index (χ1v) is 7.97. The van der Waals surface area contributed by atoms with Crippen LogP contribution >= 0.6 is 12.6 Å². The molecule has 1 aliphatic heterocycles. The third-order valence-corrected chi connectivity index (χ3v) is 3.43. The summed E-state index contributed by atoms with van der Waals surface area (Å²) in [5.74, 6) is 0.839. The van der Waals surface area contributed by atoms with Gasteiger partial charge in [0.1, 0.15) is 5.60 Å². The molecule has 1 saturated heterocycles. The highest BCUT2D eigenvalue weighted by molar-refractivity contribution is 7.80. The van der Waals surface area contributed by atoms with Crippen LogP contribution in [0.15, 0.2) is 12.2 Å². The van der Waals surface area contributed by atoms with E-state index in [1.54, 1.807) is 9.80 Å². The largest absolute Gasteiger partial charge is 0.444 e. The van der Waals surface area contributed by atoms with Gasteiger partial charge in [-0.1, -0.05) is 12.2 Å². The zero-order valence-electron chi connectivity index (χ0n) is 13.1. The molecule has 120 valence electrons. The molecule has 6 heteroatoms. The number of thiol groups is 1. The Morgan fingerprint density at radius 2 is 2.10 bits per heavy atom. The van der Waals surface area contributed by atoms with Gasteiger partial charge < -0.3 is 9.64 Å². The molecular formula is C15H26N2O3S. The molecule has 0 radical (unpaired) electrons. The minimum Gasteiger partial charge on any atom is -0.444 e. The number of carbonyl (C=O) groups excluding carboxylic acids is 2.